The molecule has 3 aliphatic rings. The van der Waals surface area contributed by atoms with Gasteiger partial charge in [0.15, 0.2) is 0 Å². The van der Waals surface area contributed by atoms with Crippen LogP contribution in [-0.4, -0.2) is 0 Å². The predicted molar refractivity (Wildman–Crippen MR) is 113 cm³/mol. The summed E-state index contributed by atoms with van der Waals surface area (Å²) in [6.07, 6.45) is 0. The standard InChI is InChI=1S/C25H42/c1-15-18(4)24(13)19(5)16(2)22(9,10)25(14,21(15,7)8)23(11,12)17(3)20(24)6/h1-14H3/b18-15-,19-16+,20-17+. The first kappa shape index (κ1) is 20.5. The molecule has 0 nitrogen and oxygen atoms in total. The summed E-state index contributed by atoms with van der Waals surface area (Å²) in [6, 6.07) is 0. The number of allylic oxidation sites excluding steroid dienone is 6. The van der Waals surface area contributed by atoms with E-state index in [1.54, 1.807) is 33.4 Å². The van der Waals surface area contributed by atoms with E-state index < -0.39 is 0 Å². The molecule has 0 heterocycles. The molecule has 2 bridgehead atoms. The molecule has 0 spiro atoms. The summed E-state index contributed by atoms with van der Waals surface area (Å²) < 4.78 is 0. The van der Waals surface area contributed by atoms with Gasteiger partial charge in [-0.1, -0.05) is 81.9 Å². The average molecular weight is 343 g/mol. The van der Waals surface area contributed by atoms with Crippen molar-refractivity contribution in [2.45, 2.75) is 96.9 Å². The maximum absolute atomic E-state index is 2.56. The van der Waals surface area contributed by atoms with E-state index in [1.807, 2.05) is 0 Å². The van der Waals surface area contributed by atoms with Crippen LogP contribution in [-0.2, 0) is 0 Å². The normalized spacial score (nSPS) is 45.8. The van der Waals surface area contributed by atoms with Crippen LogP contribution in [0.5, 0.6) is 0 Å². The minimum absolute atomic E-state index is 0.0197. The van der Waals surface area contributed by atoms with E-state index in [0.717, 1.165) is 0 Å². The van der Waals surface area contributed by atoms with E-state index in [9.17, 15) is 0 Å². The van der Waals surface area contributed by atoms with E-state index in [4.69, 9.17) is 0 Å². The Hall–Kier alpha value is -0.780. The molecular weight excluding hydrogens is 300 g/mol. The van der Waals surface area contributed by atoms with E-state index in [-0.39, 0.29) is 27.1 Å². The fraction of sp³-hybridized carbons (Fsp3) is 0.760. The molecule has 0 heteroatoms. The van der Waals surface area contributed by atoms with Gasteiger partial charge in [0.25, 0.3) is 0 Å². The van der Waals surface area contributed by atoms with Crippen molar-refractivity contribution in [3.63, 3.8) is 0 Å². The van der Waals surface area contributed by atoms with Crippen molar-refractivity contribution in [3.8, 4) is 0 Å². The Labute approximate surface area is 157 Å². The van der Waals surface area contributed by atoms with Gasteiger partial charge in [0.1, 0.15) is 0 Å². The highest BCUT2D eigenvalue weighted by atomic mass is 14.7. The van der Waals surface area contributed by atoms with E-state index in [1.165, 1.54) is 0 Å². The van der Waals surface area contributed by atoms with Gasteiger partial charge in [0, 0.05) is 5.41 Å². The molecule has 0 aromatic rings. The van der Waals surface area contributed by atoms with Gasteiger partial charge in [-0.15, -0.1) is 0 Å². The lowest BCUT2D eigenvalue weighted by molar-refractivity contribution is -0.0847. The van der Waals surface area contributed by atoms with Gasteiger partial charge in [-0.05, 0) is 70.1 Å². The Bertz CT molecular complexity index is 617. The highest BCUT2D eigenvalue weighted by Gasteiger charge is 2.64. The lowest BCUT2D eigenvalue weighted by Crippen LogP contribution is -2.60. The molecule has 0 saturated heterocycles. The van der Waals surface area contributed by atoms with E-state index >= 15 is 0 Å². The fourth-order valence-electron chi connectivity index (χ4n) is 6.84. The lowest BCUT2D eigenvalue weighted by atomic mass is 9.36. The number of rotatable bonds is 0. The first-order chi connectivity index (χ1) is 10.9. The summed E-state index contributed by atoms with van der Waals surface area (Å²) in [7, 11) is 0. The summed E-state index contributed by atoms with van der Waals surface area (Å²) >= 11 is 0. The van der Waals surface area contributed by atoms with Crippen LogP contribution in [0.2, 0.25) is 0 Å². The molecule has 0 saturated carbocycles. The van der Waals surface area contributed by atoms with Crippen molar-refractivity contribution in [2.24, 2.45) is 27.1 Å². The molecular formula is C25H42. The van der Waals surface area contributed by atoms with Crippen molar-refractivity contribution in [1.29, 1.82) is 0 Å². The van der Waals surface area contributed by atoms with Gasteiger partial charge in [0.05, 0.1) is 0 Å². The number of hydrogen-bond acceptors (Lipinski definition) is 0. The third-order valence-corrected chi connectivity index (χ3v) is 10.5. The van der Waals surface area contributed by atoms with Gasteiger partial charge in [-0.25, -0.2) is 0 Å². The minimum Gasteiger partial charge on any atom is -0.0669 e. The first-order valence-electron chi connectivity index (χ1n) is 10.0. The summed E-state index contributed by atoms with van der Waals surface area (Å²) in [5.41, 5.74) is 9.85. The number of hydrogen-bond donors (Lipinski definition) is 0. The average Bonchev–Trinajstić information content (AvgIpc) is 2.53. The zero-order chi connectivity index (χ0) is 20.0. The molecule has 0 atom stereocenters. The first-order valence-corrected chi connectivity index (χ1v) is 10.0. The van der Waals surface area contributed by atoms with Crippen LogP contribution in [0, 0.1) is 27.1 Å². The van der Waals surface area contributed by atoms with Crippen LogP contribution >= 0.6 is 0 Å². The minimum atomic E-state index is 0.0197. The summed E-state index contributed by atoms with van der Waals surface area (Å²) in [5, 5.41) is 0. The van der Waals surface area contributed by atoms with Crippen LogP contribution < -0.4 is 0 Å². The molecule has 0 radical (unpaired) electrons. The second-order valence-electron chi connectivity index (χ2n) is 10.9. The third-order valence-electron chi connectivity index (χ3n) is 10.5. The van der Waals surface area contributed by atoms with E-state index in [2.05, 4.69) is 96.9 Å². The van der Waals surface area contributed by atoms with Crippen molar-refractivity contribution >= 4 is 0 Å². The monoisotopic (exact) mass is 342 g/mol. The molecule has 0 aromatic carbocycles. The van der Waals surface area contributed by atoms with Crippen molar-refractivity contribution in [2.75, 3.05) is 0 Å². The van der Waals surface area contributed by atoms with Gasteiger partial charge < -0.3 is 0 Å². The molecule has 0 unspecified atom stereocenters. The molecule has 25 heavy (non-hydrogen) atoms. The van der Waals surface area contributed by atoms with Crippen LogP contribution in [0.25, 0.3) is 0 Å². The summed E-state index contributed by atoms with van der Waals surface area (Å²) in [5.74, 6) is 0. The van der Waals surface area contributed by atoms with Gasteiger partial charge in [-0.3, -0.25) is 0 Å². The lowest BCUT2D eigenvalue weighted by Gasteiger charge is -2.67. The quantitative estimate of drug-likeness (QED) is 0.390. The SMILES string of the molecule is C/C1=C(\C)C(C)(C)C2(C)C(C)(C)/C(C)=C(\C)C1(C)/C(C)=C(\C)C2(C)C. The highest BCUT2D eigenvalue weighted by molar-refractivity contribution is 5.52. The van der Waals surface area contributed by atoms with Crippen LogP contribution in [0.3, 0.4) is 0 Å². The summed E-state index contributed by atoms with van der Waals surface area (Å²) in [4.78, 5) is 0. The Morgan fingerprint density at radius 3 is 0.760 bits per heavy atom. The predicted octanol–water partition coefficient (Wildman–Crippen LogP) is 8.11. The smallest absolute Gasteiger partial charge is 0.0301 e. The molecule has 0 aromatic heterocycles. The third kappa shape index (κ3) is 1.90. The second kappa shape index (κ2) is 5.14. The van der Waals surface area contributed by atoms with Crippen molar-refractivity contribution in [1.82, 2.24) is 0 Å². The highest BCUT2D eigenvalue weighted by Crippen LogP contribution is 2.72. The topological polar surface area (TPSA) is 0 Å². The molecule has 3 rings (SSSR count). The Kier molecular flexibility index (Phi) is 4.22. The molecule has 142 valence electrons. The van der Waals surface area contributed by atoms with Gasteiger partial charge >= 0.3 is 0 Å². The maximum Gasteiger partial charge on any atom is 0.0301 e. The molecule has 0 amide bonds. The Morgan fingerprint density at radius 1 is 0.360 bits per heavy atom. The van der Waals surface area contributed by atoms with Gasteiger partial charge in [0.2, 0.25) is 0 Å². The molecule has 0 N–H and O–H groups in total. The molecule has 0 fully saturated rings. The summed E-state index contributed by atoms with van der Waals surface area (Å²) in [6.45, 7) is 34.4. The van der Waals surface area contributed by atoms with E-state index in [0.29, 0.717) is 0 Å². The Morgan fingerprint density at radius 2 is 0.560 bits per heavy atom. The zero-order valence-electron chi connectivity index (χ0n) is 19.5. The molecule has 3 aliphatic carbocycles. The Balaban J connectivity index is 3.29. The van der Waals surface area contributed by atoms with Crippen LogP contribution in [0.1, 0.15) is 96.9 Å². The van der Waals surface area contributed by atoms with Gasteiger partial charge in [-0.2, -0.15) is 0 Å². The second-order valence-corrected chi connectivity index (χ2v) is 10.9. The van der Waals surface area contributed by atoms with Crippen LogP contribution in [0.4, 0.5) is 0 Å². The fourth-order valence-corrected chi connectivity index (χ4v) is 6.84. The largest absolute Gasteiger partial charge is 0.0669 e. The van der Waals surface area contributed by atoms with Crippen molar-refractivity contribution < 1.29 is 0 Å². The molecule has 0 aliphatic heterocycles. The zero-order valence-corrected chi connectivity index (χ0v) is 19.5. The van der Waals surface area contributed by atoms with Crippen LogP contribution in [0.15, 0.2) is 33.4 Å². The maximum atomic E-state index is 2.56. The van der Waals surface area contributed by atoms with Crippen molar-refractivity contribution in [3.05, 3.63) is 33.4 Å². The number of fused-ring (bicyclic) bond motifs is 3.